The lowest BCUT2D eigenvalue weighted by atomic mass is 10.0. The van der Waals surface area contributed by atoms with Gasteiger partial charge in [-0.05, 0) is 54.1 Å². The van der Waals surface area contributed by atoms with Crippen molar-refractivity contribution in [3.05, 3.63) is 56.2 Å². The second kappa shape index (κ2) is 7.22. The zero-order chi connectivity index (χ0) is 13.7. The Hall–Kier alpha value is -0.640. The third-order valence-corrected chi connectivity index (χ3v) is 4.82. The molecule has 1 aromatic carbocycles. The number of hydrogen-bond donors (Lipinski definition) is 1. The lowest BCUT2D eigenvalue weighted by Gasteiger charge is -2.18. The molecule has 19 heavy (non-hydrogen) atoms. The Morgan fingerprint density at radius 2 is 2.11 bits per heavy atom. The summed E-state index contributed by atoms with van der Waals surface area (Å²) in [6.07, 6.45) is 2.15. The van der Waals surface area contributed by atoms with Crippen LogP contribution in [0.3, 0.4) is 0 Å². The van der Waals surface area contributed by atoms with Gasteiger partial charge in [-0.1, -0.05) is 41.9 Å². The van der Waals surface area contributed by atoms with Crippen molar-refractivity contribution in [3.8, 4) is 0 Å². The van der Waals surface area contributed by atoms with Crippen LogP contribution in [0, 0.1) is 0 Å². The molecule has 0 saturated heterocycles. The van der Waals surface area contributed by atoms with Crippen molar-refractivity contribution >= 4 is 27.3 Å². The molecule has 0 radical (unpaired) electrons. The molecule has 0 spiro atoms. The van der Waals surface area contributed by atoms with Gasteiger partial charge in [-0.3, -0.25) is 0 Å². The van der Waals surface area contributed by atoms with Crippen LogP contribution in [0.2, 0.25) is 0 Å². The Balaban J connectivity index is 2.21. The number of hydrogen-bond acceptors (Lipinski definition) is 2. The normalized spacial score (nSPS) is 12.6. The van der Waals surface area contributed by atoms with Crippen molar-refractivity contribution in [2.24, 2.45) is 0 Å². The van der Waals surface area contributed by atoms with Crippen LogP contribution in [0.15, 0.2) is 40.2 Å². The maximum atomic E-state index is 3.62. The van der Waals surface area contributed by atoms with Gasteiger partial charge in [0.05, 0.1) is 0 Å². The van der Waals surface area contributed by atoms with Crippen LogP contribution < -0.4 is 5.32 Å². The highest BCUT2D eigenvalue weighted by Crippen LogP contribution is 2.28. The van der Waals surface area contributed by atoms with Gasteiger partial charge in [0.25, 0.3) is 0 Å². The summed E-state index contributed by atoms with van der Waals surface area (Å²) in [5.41, 5.74) is 2.85. The fourth-order valence-electron chi connectivity index (χ4n) is 2.35. The number of thiophene rings is 1. The fraction of sp³-hybridized carbons (Fsp3) is 0.375. The molecule has 1 unspecified atom stereocenters. The van der Waals surface area contributed by atoms with E-state index >= 15 is 0 Å². The lowest BCUT2D eigenvalue weighted by Crippen LogP contribution is -2.23. The van der Waals surface area contributed by atoms with E-state index in [0.717, 1.165) is 23.9 Å². The highest BCUT2D eigenvalue weighted by Gasteiger charge is 2.15. The van der Waals surface area contributed by atoms with Gasteiger partial charge < -0.3 is 5.32 Å². The summed E-state index contributed by atoms with van der Waals surface area (Å²) >= 11 is 5.42. The number of likely N-dealkylation sites (N-methyl/N-ethyl adjacent to an activating group) is 1. The zero-order valence-electron chi connectivity index (χ0n) is 11.4. The van der Waals surface area contributed by atoms with E-state index in [-0.39, 0.29) is 0 Å². The van der Waals surface area contributed by atoms with E-state index < -0.39 is 0 Å². The molecule has 0 aliphatic carbocycles. The highest BCUT2D eigenvalue weighted by molar-refractivity contribution is 9.10. The van der Waals surface area contributed by atoms with Gasteiger partial charge >= 0.3 is 0 Å². The topological polar surface area (TPSA) is 12.0 Å². The van der Waals surface area contributed by atoms with Gasteiger partial charge in [0, 0.05) is 15.4 Å². The van der Waals surface area contributed by atoms with Gasteiger partial charge in [-0.2, -0.15) is 0 Å². The first-order valence-electron chi connectivity index (χ1n) is 6.78. The predicted octanol–water partition coefficient (Wildman–Crippen LogP) is 4.97. The number of rotatable bonds is 6. The highest BCUT2D eigenvalue weighted by atomic mass is 79.9. The molecule has 0 aliphatic heterocycles. The van der Waals surface area contributed by atoms with E-state index in [1.54, 1.807) is 0 Å². The van der Waals surface area contributed by atoms with E-state index in [1.165, 1.54) is 16.0 Å². The Bertz CT molecular complexity index is 521. The summed E-state index contributed by atoms with van der Waals surface area (Å²) in [7, 11) is 0. The second-order valence-electron chi connectivity index (χ2n) is 4.61. The summed E-state index contributed by atoms with van der Waals surface area (Å²) in [5, 5.41) is 5.83. The molecule has 0 saturated carbocycles. The monoisotopic (exact) mass is 337 g/mol. The van der Waals surface area contributed by atoms with E-state index in [4.69, 9.17) is 0 Å². The molecule has 0 fully saturated rings. The summed E-state index contributed by atoms with van der Waals surface area (Å²) in [6, 6.07) is 11.3. The van der Waals surface area contributed by atoms with Crippen LogP contribution in [-0.2, 0) is 12.8 Å². The predicted molar refractivity (Wildman–Crippen MR) is 88.0 cm³/mol. The molecule has 102 valence electrons. The van der Waals surface area contributed by atoms with Crippen LogP contribution in [0.4, 0.5) is 0 Å². The van der Waals surface area contributed by atoms with Crippen LogP contribution in [0.5, 0.6) is 0 Å². The molecule has 1 N–H and O–H groups in total. The maximum absolute atomic E-state index is 3.62. The molecule has 1 nitrogen and oxygen atoms in total. The van der Waals surface area contributed by atoms with E-state index in [0.29, 0.717) is 6.04 Å². The zero-order valence-corrected chi connectivity index (χ0v) is 13.9. The van der Waals surface area contributed by atoms with Crippen LogP contribution >= 0.6 is 27.3 Å². The van der Waals surface area contributed by atoms with Crippen molar-refractivity contribution < 1.29 is 0 Å². The van der Waals surface area contributed by atoms with Gasteiger partial charge in [0.2, 0.25) is 0 Å². The summed E-state index contributed by atoms with van der Waals surface area (Å²) in [6.45, 7) is 5.40. The number of nitrogens with one attached hydrogen (secondary N) is 1. The summed E-state index contributed by atoms with van der Waals surface area (Å²) < 4.78 is 1.15. The Morgan fingerprint density at radius 1 is 1.26 bits per heavy atom. The molecule has 0 bridgehead atoms. The van der Waals surface area contributed by atoms with Gasteiger partial charge in [0.1, 0.15) is 0 Å². The Labute approximate surface area is 128 Å². The smallest absolute Gasteiger partial charge is 0.0458 e. The van der Waals surface area contributed by atoms with Gasteiger partial charge in [-0.15, -0.1) is 11.3 Å². The van der Waals surface area contributed by atoms with Crippen LogP contribution in [0.25, 0.3) is 0 Å². The van der Waals surface area contributed by atoms with E-state index in [1.807, 2.05) is 11.3 Å². The minimum atomic E-state index is 0.425. The SMILES string of the molecule is CCNC(Cc1cccc(Br)c1)c1sccc1CC. The molecule has 2 aromatic rings. The molecule has 1 heterocycles. The Kier molecular flexibility index (Phi) is 5.61. The fourth-order valence-corrected chi connectivity index (χ4v) is 3.87. The van der Waals surface area contributed by atoms with Crippen LogP contribution in [0.1, 0.15) is 35.9 Å². The minimum Gasteiger partial charge on any atom is -0.309 e. The molecule has 1 atom stereocenters. The number of halogens is 1. The second-order valence-corrected chi connectivity index (χ2v) is 6.47. The summed E-state index contributed by atoms with van der Waals surface area (Å²) in [5.74, 6) is 0. The standard InChI is InChI=1S/C16H20BrNS/c1-3-13-8-9-19-16(13)15(18-4-2)11-12-6-5-7-14(17)10-12/h5-10,15,18H,3-4,11H2,1-2H3. The number of aryl methyl sites for hydroxylation is 1. The third-order valence-electron chi connectivity index (χ3n) is 3.26. The molecular formula is C16H20BrNS. The molecular weight excluding hydrogens is 318 g/mol. The van der Waals surface area contributed by atoms with Crippen molar-refractivity contribution in [2.75, 3.05) is 6.54 Å². The minimum absolute atomic E-state index is 0.425. The third kappa shape index (κ3) is 3.91. The van der Waals surface area contributed by atoms with E-state index in [2.05, 4.69) is 70.8 Å². The molecule has 0 aliphatic rings. The summed E-state index contributed by atoms with van der Waals surface area (Å²) in [4.78, 5) is 1.49. The van der Waals surface area contributed by atoms with Crippen molar-refractivity contribution in [2.45, 2.75) is 32.7 Å². The lowest BCUT2D eigenvalue weighted by molar-refractivity contribution is 0.554. The van der Waals surface area contributed by atoms with E-state index in [9.17, 15) is 0 Å². The molecule has 0 amide bonds. The first-order valence-corrected chi connectivity index (χ1v) is 8.46. The van der Waals surface area contributed by atoms with Crippen LogP contribution in [-0.4, -0.2) is 6.54 Å². The van der Waals surface area contributed by atoms with Crippen molar-refractivity contribution in [3.63, 3.8) is 0 Å². The average molecular weight is 338 g/mol. The van der Waals surface area contributed by atoms with Crippen molar-refractivity contribution in [1.29, 1.82) is 0 Å². The number of benzene rings is 1. The van der Waals surface area contributed by atoms with Gasteiger partial charge in [-0.25, -0.2) is 0 Å². The first kappa shape index (κ1) is 14.8. The van der Waals surface area contributed by atoms with Crippen molar-refractivity contribution in [1.82, 2.24) is 5.32 Å². The molecule has 1 aromatic heterocycles. The maximum Gasteiger partial charge on any atom is 0.0458 e. The first-order chi connectivity index (χ1) is 9.24. The average Bonchev–Trinajstić information content (AvgIpc) is 2.86. The largest absolute Gasteiger partial charge is 0.309 e. The molecule has 3 heteroatoms. The molecule has 2 rings (SSSR count). The Morgan fingerprint density at radius 3 is 2.79 bits per heavy atom. The van der Waals surface area contributed by atoms with Gasteiger partial charge in [0.15, 0.2) is 0 Å². The quantitative estimate of drug-likeness (QED) is 0.784.